The molecule has 0 saturated carbocycles. The van der Waals surface area contributed by atoms with Crippen molar-refractivity contribution in [1.82, 2.24) is 9.97 Å². The highest BCUT2D eigenvalue weighted by atomic mass is 32.2. The first-order valence-corrected chi connectivity index (χ1v) is 9.50. The summed E-state index contributed by atoms with van der Waals surface area (Å²) in [5.41, 5.74) is 0.226. The summed E-state index contributed by atoms with van der Waals surface area (Å²) < 4.78 is 32.0. The van der Waals surface area contributed by atoms with Crippen LogP contribution < -0.4 is 11.0 Å². The van der Waals surface area contributed by atoms with Gasteiger partial charge in [-0.1, -0.05) is 12.1 Å². The van der Waals surface area contributed by atoms with Crippen molar-refractivity contribution in [3.05, 3.63) is 64.4 Å². The van der Waals surface area contributed by atoms with Crippen molar-refractivity contribution in [2.75, 3.05) is 5.32 Å². The number of amides is 1. The van der Waals surface area contributed by atoms with Crippen LogP contribution in [0.15, 0.2) is 73.8 Å². The lowest BCUT2D eigenvalue weighted by Crippen LogP contribution is -2.14. The number of hydrogen-bond acceptors (Lipinski definition) is 7. The summed E-state index contributed by atoms with van der Waals surface area (Å²) in [6, 6.07) is 9.83. The van der Waals surface area contributed by atoms with Crippen LogP contribution in [0, 0.1) is 0 Å². The molecule has 0 atom stereocenters. The Balaban J connectivity index is 1.88. The maximum Gasteiger partial charge on any atom is 0.323 e. The highest BCUT2D eigenvalue weighted by Gasteiger charge is 2.17. The minimum absolute atomic E-state index is 0.215. The SMILES string of the molecule is C/C(O)=C(\N=Nc1ccccc1S(=O)(=O)O)C(=O)Nc1ccc2[nH]c(=O)[nH]c2c1. The van der Waals surface area contributed by atoms with Gasteiger partial charge in [-0.25, -0.2) is 4.79 Å². The van der Waals surface area contributed by atoms with Gasteiger partial charge in [-0.3, -0.25) is 9.35 Å². The Bertz CT molecular complexity index is 1320. The number of H-pyrrole nitrogens is 2. The smallest absolute Gasteiger partial charge is 0.323 e. The van der Waals surface area contributed by atoms with E-state index < -0.39 is 38.1 Å². The van der Waals surface area contributed by atoms with Crippen LogP contribution in [0.2, 0.25) is 0 Å². The van der Waals surface area contributed by atoms with Crippen LogP contribution in [0.1, 0.15) is 6.92 Å². The molecule has 0 saturated heterocycles. The molecule has 0 aliphatic rings. The third-order valence-electron chi connectivity index (χ3n) is 3.73. The summed E-state index contributed by atoms with van der Waals surface area (Å²) in [7, 11) is -4.55. The van der Waals surface area contributed by atoms with Gasteiger partial charge in [0.15, 0.2) is 5.70 Å². The van der Waals surface area contributed by atoms with Crippen molar-refractivity contribution in [3.63, 3.8) is 0 Å². The van der Waals surface area contributed by atoms with E-state index in [9.17, 15) is 27.7 Å². The minimum atomic E-state index is -4.55. The topological polar surface area (TPSA) is 177 Å². The van der Waals surface area contributed by atoms with Gasteiger partial charge in [0.05, 0.1) is 11.0 Å². The minimum Gasteiger partial charge on any atom is -0.510 e. The lowest BCUT2D eigenvalue weighted by molar-refractivity contribution is -0.113. The Morgan fingerprint density at radius 2 is 1.79 bits per heavy atom. The van der Waals surface area contributed by atoms with Crippen LogP contribution in [0.3, 0.4) is 0 Å². The summed E-state index contributed by atoms with van der Waals surface area (Å²) >= 11 is 0. The van der Waals surface area contributed by atoms with Gasteiger partial charge in [0.1, 0.15) is 16.3 Å². The molecule has 12 heteroatoms. The highest BCUT2D eigenvalue weighted by Crippen LogP contribution is 2.25. The van der Waals surface area contributed by atoms with E-state index in [1.165, 1.54) is 37.3 Å². The number of benzene rings is 2. The van der Waals surface area contributed by atoms with Gasteiger partial charge in [0.2, 0.25) is 0 Å². The number of allylic oxidation sites excluding steroid dienone is 1. The third-order valence-corrected chi connectivity index (χ3v) is 4.63. The molecule has 0 unspecified atom stereocenters. The Morgan fingerprint density at radius 1 is 1.10 bits per heavy atom. The molecule has 2 aromatic carbocycles. The first kappa shape index (κ1) is 20.0. The molecule has 11 nitrogen and oxygen atoms in total. The number of aliphatic hydroxyl groups is 1. The van der Waals surface area contributed by atoms with Crippen molar-refractivity contribution in [2.45, 2.75) is 11.8 Å². The van der Waals surface area contributed by atoms with E-state index in [0.717, 1.165) is 6.07 Å². The van der Waals surface area contributed by atoms with E-state index >= 15 is 0 Å². The average Bonchev–Trinajstić information content (AvgIpc) is 3.00. The molecule has 29 heavy (non-hydrogen) atoms. The number of imidazole rings is 1. The molecular weight excluding hydrogens is 402 g/mol. The van der Waals surface area contributed by atoms with Gasteiger partial charge >= 0.3 is 5.69 Å². The van der Waals surface area contributed by atoms with Crippen molar-refractivity contribution < 1.29 is 22.9 Å². The van der Waals surface area contributed by atoms with Crippen LogP contribution in [-0.2, 0) is 14.9 Å². The number of carbonyl (C=O) groups is 1. The van der Waals surface area contributed by atoms with Crippen molar-refractivity contribution >= 4 is 38.4 Å². The molecular formula is C17H15N5O6S. The fraction of sp³-hybridized carbons (Fsp3) is 0.0588. The molecule has 5 N–H and O–H groups in total. The van der Waals surface area contributed by atoms with E-state index in [1.54, 1.807) is 6.07 Å². The summed E-state index contributed by atoms with van der Waals surface area (Å²) in [4.78, 5) is 28.4. The van der Waals surface area contributed by atoms with Crippen molar-refractivity contribution in [2.24, 2.45) is 10.2 Å². The number of aromatic nitrogens is 2. The number of aromatic amines is 2. The quantitative estimate of drug-likeness (QED) is 0.184. The van der Waals surface area contributed by atoms with Gasteiger partial charge in [0.25, 0.3) is 16.0 Å². The molecule has 150 valence electrons. The Morgan fingerprint density at radius 3 is 2.48 bits per heavy atom. The van der Waals surface area contributed by atoms with Gasteiger partial charge in [-0.15, -0.1) is 10.2 Å². The van der Waals surface area contributed by atoms with Gasteiger partial charge in [0, 0.05) is 5.69 Å². The van der Waals surface area contributed by atoms with Gasteiger partial charge in [-0.2, -0.15) is 8.42 Å². The van der Waals surface area contributed by atoms with E-state index in [4.69, 9.17) is 0 Å². The molecule has 0 bridgehead atoms. The van der Waals surface area contributed by atoms with Gasteiger partial charge < -0.3 is 20.4 Å². The molecule has 0 fully saturated rings. The summed E-state index contributed by atoms with van der Waals surface area (Å²) in [5, 5.41) is 19.6. The summed E-state index contributed by atoms with van der Waals surface area (Å²) in [5.74, 6) is -1.29. The molecule has 0 aliphatic heterocycles. The number of rotatable bonds is 5. The predicted octanol–water partition coefficient (Wildman–Crippen LogP) is 2.61. The molecule has 1 amide bonds. The average molecular weight is 417 g/mol. The number of nitrogens with one attached hydrogen (secondary N) is 3. The maximum atomic E-state index is 12.5. The number of carbonyl (C=O) groups excluding carboxylic acids is 1. The van der Waals surface area contributed by atoms with E-state index in [2.05, 4.69) is 25.5 Å². The Hall–Kier alpha value is -3.77. The fourth-order valence-electron chi connectivity index (χ4n) is 2.44. The monoisotopic (exact) mass is 417 g/mol. The first-order valence-electron chi connectivity index (χ1n) is 8.06. The van der Waals surface area contributed by atoms with Crippen molar-refractivity contribution in [3.8, 4) is 0 Å². The zero-order valence-corrected chi connectivity index (χ0v) is 15.7. The van der Waals surface area contributed by atoms with E-state index in [0.29, 0.717) is 16.7 Å². The lowest BCUT2D eigenvalue weighted by atomic mass is 10.2. The Kier molecular flexibility index (Phi) is 5.30. The first-order chi connectivity index (χ1) is 13.6. The molecule has 3 aromatic rings. The van der Waals surface area contributed by atoms with E-state index in [1.807, 2.05) is 0 Å². The molecule has 1 heterocycles. The standard InChI is InChI=1S/C17H15N5O6S/c1-9(23)15(22-21-12-4-2-3-5-14(12)29(26,27)28)16(24)18-10-6-7-11-13(8-10)20-17(25)19-11/h2-8,23H,1H3,(H,18,24)(H2,19,20,25)(H,26,27,28)/b15-9+,22-21?. The molecule has 0 aliphatic carbocycles. The zero-order valence-electron chi connectivity index (χ0n) is 14.9. The second-order valence-electron chi connectivity index (χ2n) is 5.87. The second-order valence-corrected chi connectivity index (χ2v) is 7.26. The lowest BCUT2D eigenvalue weighted by Gasteiger charge is -2.06. The number of nitrogens with zero attached hydrogens (tertiary/aromatic N) is 2. The van der Waals surface area contributed by atoms with Crippen molar-refractivity contribution in [1.29, 1.82) is 0 Å². The number of fused-ring (bicyclic) bond motifs is 1. The predicted molar refractivity (Wildman–Crippen MR) is 104 cm³/mol. The largest absolute Gasteiger partial charge is 0.510 e. The number of anilines is 1. The third kappa shape index (κ3) is 4.56. The fourth-order valence-corrected chi connectivity index (χ4v) is 3.07. The Labute approximate surface area is 163 Å². The van der Waals surface area contributed by atoms with Crippen LogP contribution >= 0.6 is 0 Å². The van der Waals surface area contributed by atoms with Crippen LogP contribution in [0.4, 0.5) is 11.4 Å². The second kappa shape index (κ2) is 7.69. The summed E-state index contributed by atoms with van der Waals surface area (Å²) in [6.07, 6.45) is 0. The normalized spacial score (nSPS) is 12.9. The van der Waals surface area contributed by atoms with Crippen LogP contribution in [0.25, 0.3) is 11.0 Å². The maximum absolute atomic E-state index is 12.5. The molecule has 1 aromatic heterocycles. The number of aliphatic hydroxyl groups excluding tert-OH is 1. The number of azo groups is 1. The molecule has 3 rings (SSSR count). The highest BCUT2D eigenvalue weighted by molar-refractivity contribution is 7.86. The van der Waals surface area contributed by atoms with Crippen LogP contribution in [0.5, 0.6) is 0 Å². The zero-order chi connectivity index (χ0) is 21.2. The molecule has 0 radical (unpaired) electrons. The van der Waals surface area contributed by atoms with E-state index in [-0.39, 0.29) is 5.69 Å². The molecule has 0 spiro atoms. The van der Waals surface area contributed by atoms with Gasteiger partial charge in [-0.05, 0) is 37.3 Å². The van der Waals surface area contributed by atoms with Crippen LogP contribution in [-0.4, -0.2) is 34.0 Å². The summed E-state index contributed by atoms with van der Waals surface area (Å²) in [6.45, 7) is 1.20. The number of hydrogen-bond donors (Lipinski definition) is 5.